The number of fused-ring (bicyclic) bond motifs is 2. The molecule has 2 N–H and O–H groups in total. The van der Waals surface area contributed by atoms with Crippen LogP contribution in [-0.2, 0) is 0 Å². The van der Waals surface area contributed by atoms with Gasteiger partial charge in [-0.2, -0.15) is 14.6 Å². The van der Waals surface area contributed by atoms with Crippen LogP contribution in [0.3, 0.4) is 0 Å². The third-order valence-corrected chi connectivity index (χ3v) is 6.85. The van der Waals surface area contributed by atoms with E-state index < -0.39 is 0 Å². The Kier molecular flexibility index (Phi) is 4.98. The van der Waals surface area contributed by atoms with Crippen molar-refractivity contribution in [3.63, 3.8) is 0 Å². The average molecular weight is 442 g/mol. The molecular weight excluding hydrogens is 418 g/mol. The third kappa shape index (κ3) is 3.35. The van der Waals surface area contributed by atoms with E-state index >= 15 is 0 Å². The van der Waals surface area contributed by atoms with E-state index in [9.17, 15) is 4.79 Å². The molecule has 2 aromatic heterocycles. The average Bonchev–Trinajstić information content (AvgIpc) is 3.33. The highest BCUT2D eigenvalue weighted by Gasteiger charge is 2.22. The second-order valence-electron chi connectivity index (χ2n) is 8.00. The molecule has 0 aliphatic carbocycles. The van der Waals surface area contributed by atoms with Crippen LogP contribution < -0.4 is 11.3 Å². The lowest BCUT2D eigenvalue weighted by atomic mass is 9.97. The molecule has 2 aromatic carbocycles. The largest absolute Gasteiger partial charge is 0.383 e. The van der Waals surface area contributed by atoms with Gasteiger partial charge in [-0.1, -0.05) is 60.2 Å². The smallest absolute Gasteiger partial charge is 0.283 e. The van der Waals surface area contributed by atoms with E-state index in [1.807, 2.05) is 44.2 Å². The van der Waals surface area contributed by atoms with Crippen LogP contribution in [-0.4, -0.2) is 20.3 Å². The van der Waals surface area contributed by atoms with Gasteiger partial charge in [0, 0.05) is 22.8 Å². The number of aryl methyl sites for hydroxylation is 1. The van der Waals surface area contributed by atoms with Crippen LogP contribution in [0.15, 0.2) is 58.3 Å². The molecule has 4 aromatic rings. The van der Waals surface area contributed by atoms with Crippen molar-refractivity contribution < 1.29 is 0 Å². The number of hydrogen-bond acceptors (Lipinski definition) is 6. The molecule has 1 atom stereocenters. The standard InChI is InChI=1S/C25H23N5OS/c1-4-17(16-8-6-5-7-9-16)24-29-30-22(26)20(23(31)28-25(30)32-24)13-18-15(3)27-21-11-10-14(2)12-19(18)21/h5-13,17H,4,26H2,1-3H3/b18-13+. The van der Waals surface area contributed by atoms with E-state index in [4.69, 9.17) is 10.8 Å². The van der Waals surface area contributed by atoms with Gasteiger partial charge in [-0.05, 0) is 44.0 Å². The highest BCUT2D eigenvalue weighted by molar-refractivity contribution is 7.16. The second-order valence-corrected chi connectivity index (χ2v) is 8.99. The molecule has 1 aliphatic rings. The zero-order chi connectivity index (χ0) is 22.4. The van der Waals surface area contributed by atoms with Crippen molar-refractivity contribution in [3.8, 4) is 0 Å². The van der Waals surface area contributed by atoms with Crippen molar-refractivity contribution in [3.05, 3.63) is 86.1 Å². The number of aromatic nitrogens is 3. The lowest BCUT2D eigenvalue weighted by Gasteiger charge is -2.11. The minimum absolute atomic E-state index is 0.123. The van der Waals surface area contributed by atoms with E-state index in [1.54, 1.807) is 10.6 Å². The maximum Gasteiger partial charge on any atom is 0.283 e. The minimum Gasteiger partial charge on any atom is -0.383 e. The van der Waals surface area contributed by atoms with Crippen LogP contribution in [0.2, 0.25) is 0 Å². The number of nitrogens with zero attached hydrogens (tertiary/aromatic N) is 4. The number of aliphatic imine (C=N–C) groups is 1. The fraction of sp³-hybridized carbons (Fsp3) is 0.200. The van der Waals surface area contributed by atoms with E-state index in [0.29, 0.717) is 16.3 Å². The first kappa shape index (κ1) is 20.3. The summed E-state index contributed by atoms with van der Waals surface area (Å²) in [5, 5.41) is 5.65. The van der Waals surface area contributed by atoms with Gasteiger partial charge in [0.15, 0.2) is 0 Å². The molecule has 32 heavy (non-hydrogen) atoms. The summed E-state index contributed by atoms with van der Waals surface area (Å²) in [6, 6.07) is 16.3. The molecule has 6 nitrogen and oxygen atoms in total. The Morgan fingerprint density at radius 3 is 2.69 bits per heavy atom. The van der Waals surface area contributed by atoms with Gasteiger partial charge in [-0.15, -0.1) is 0 Å². The van der Waals surface area contributed by atoms with E-state index in [0.717, 1.165) is 39.5 Å². The Balaban J connectivity index is 1.64. The number of rotatable bonds is 4. The fourth-order valence-corrected chi connectivity index (χ4v) is 5.25. The van der Waals surface area contributed by atoms with Gasteiger partial charge in [0.25, 0.3) is 5.56 Å². The van der Waals surface area contributed by atoms with Crippen LogP contribution in [0.25, 0.3) is 16.6 Å². The molecule has 3 heterocycles. The Hall–Kier alpha value is -3.58. The predicted molar refractivity (Wildman–Crippen MR) is 132 cm³/mol. The van der Waals surface area contributed by atoms with Gasteiger partial charge in [0.2, 0.25) is 4.96 Å². The van der Waals surface area contributed by atoms with E-state index in [2.05, 4.69) is 35.1 Å². The number of allylic oxidation sites excluding steroid dienone is 1. The van der Waals surface area contributed by atoms with E-state index in [-0.39, 0.29) is 11.5 Å². The lowest BCUT2D eigenvalue weighted by molar-refractivity contribution is 0.742. The summed E-state index contributed by atoms with van der Waals surface area (Å²) in [5.41, 5.74) is 12.4. The quantitative estimate of drug-likeness (QED) is 0.470. The minimum atomic E-state index is -0.355. The Bertz CT molecular complexity index is 1460. The number of benzene rings is 2. The topological polar surface area (TPSA) is 85.6 Å². The third-order valence-electron chi connectivity index (χ3n) is 5.82. The van der Waals surface area contributed by atoms with Crippen molar-refractivity contribution in [2.75, 3.05) is 5.73 Å². The van der Waals surface area contributed by atoms with Gasteiger partial charge in [0.05, 0.1) is 11.3 Å². The number of nitrogen functional groups attached to an aromatic ring is 1. The maximum atomic E-state index is 12.9. The van der Waals surface area contributed by atoms with Crippen molar-refractivity contribution in [2.24, 2.45) is 4.99 Å². The van der Waals surface area contributed by atoms with Gasteiger partial charge in [-0.3, -0.25) is 9.79 Å². The van der Waals surface area contributed by atoms with Crippen LogP contribution in [0, 0.1) is 6.92 Å². The number of hydrogen-bond donors (Lipinski definition) is 1. The highest BCUT2D eigenvalue weighted by atomic mass is 32.1. The predicted octanol–water partition coefficient (Wildman–Crippen LogP) is 5.23. The fourth-order valence-electron chi connectivity index (χ4n) is 4.14. The Morgan fingerprint density at radius 1 is 1.16 bits per heavy atom. The maximum absolute atomic E-state index is 12.9. The normalized spacial score (nSPS) is 15.2. The molecule has 0 fully saturated rings. The highest BCUT2D eigenvalue weighted by Crippen LogP contribution is 2.37. The summed E-state index contributed by atoms with van der Waals surface area (Å²) in [7, 11) is 0. The summed E-state index contributed by atoms with van der Waals surface area (Å²) < 4.78 is 1.60. The second kappa shape index (κ2) is 7.84. The number of nitrogens with two attached hydrogens (primary N) is 1. The molecule has 1 unspecified atom stereocenters. The van der Waals surface area contributed by atoms with Crippen molar-refractivity contribution >= 4 is 45.2 Å². The van der Waals surface area contributed by atoms with Crippen LogP contribution in [0.1, 0.15) is 53.4 Å². The number of anilines is 1. The summed E-state index contributed by atoms with van der Waals surface area (Å²) in [6.45, 7) is 6.10. The molecule has 0 amide bonds. The molecule has 0 saturated carbocycles. The monoisotopic (exact) mass is 441 g/mol. The first-order chi connectivity index (χ1) is 15.5. The van der Waals surface area contributed by atoms with E-state index in [1.165, 1.54) is 16.9 Å². The van der Waals surface area contributed by atoms with Crippen LogP contribution >= 0.6 is 11.3 Å². The van der Waals surface area contributed by atoms with Crippen molar-refractivity contribution in [2.45, 2.75) is 33.1 Å². The molecule has 5 rings (SSSR count). The van der Waals surface area contributed by atoms with Gasteiger partial charge in [-0.25, -0.2) is 0 Å². The Labute approximate surface area is 189 Å². The first-order valence-corrected chi connectivity index (χ1v) is 11.4. The molecule has 0 saturated heterocycles. The van der Waals surface area contributed by atoms with Gasteiger partial charge >= 0.3 is 0 Å². The lowest BCUT2D eigenvalue weighted by Crippen LogP contribution is -2.17. The van der Waals surface area contributed by atoms with Crippen molar-refractivity contribution in [1.82, 2.24) is 14.6 Å². The molecule has 1 aliphatic heterocycles. The molecule has 160 valence electrons. The summed E-state index contributed by atoms with van der Waals surface area (Å²) in [4.78, 5) is 22.4. The van der Waals surface area contributed by atoms with Crippen LogP contribution in [0.5, 0.6) is 0 Å². The Morgan fingerprint density at radius 2 is 1.94 bits per heavy atom. The molecule has 0 spiro atoms. The zero-order valence-corrected chi connectivity index (χ0v) is 19.0. The van der Waals surface area contributed by atoms with Crippen molar-refractivity contribution in [1.29, 1.82) is 0 Å². The van der Waals surface area contributed by atoms with Crippen LogP contribution in [0.4, 0.5) is 11.5 Å². The molecule has 0 bridgehead atoms. The first-order valence-electron chi connectivity index (χ1n) is 10.6. The van der Waals surface area contributed by atoms with Gasteiger partial charge < -0.3 is 5.73 Å². The van der Waals surface area contributed by atoms with Gasteiger partial charge in [0.1, 0.15) is 10.8 Å². The summed E-state index contributed by atoms with van der Waals surface area (Å²) in [6.07, 6.45) is 2.69. The summed E-state index contributed by atoms with van der Waals surface area (Å²) in [5.74, 6) is 0.421. The zero-order valence-electron chi connectivity index (χ0n) is 18.2. The SMILES string of the molecule is CCC(c1ccccc1)c1nn2c(N)c(/C=C3\C(C)=Nc4ccc(C)cc43)c(=O)nc2s1. The molecule has 7 heteroatoms. The molecular formula is C25H23N5OS. The summed E-state index contributed by atoms with van der Waals surface area (Å²) >= 11 is 1.41. The molecule has 0 radical (unpaired) electrons.